The SMILES string of the molecule is CN=C(NCCc1ccccc1)NCCc1cc(F)cc2c1OCOC2.I. The summed E-state index contributed by atoms with van der Waals surface area (Å²) in [4.78, 5) is 4.22. The van der Waals surface area contributed by atoms with E-state index in [9.17, 15) is 4.39 Å². The molecule has 0 saturated carbocycles. The molecule has 0 spiro atoms. The van der Waals surface area contributed by atoms with Gasteiger partial charge in [-0.1, -0.05) is 30.3 Å². The standard InChI is InChI=1S/C20H24FN3O2.HI/c1-22-20(23-9-7-15-5-3-2-4-6-15)24-10-8-16-11-18(21)12-17-13-25-14-26-19(16)17;/h2-6,11-12H,7-10,13-14H2,1H3,(H2,22,23,24);1H. The molecule has 0 aliphatic carbocycles. The number of fused-ring (bicyclic) bond motifs is 1. The van der Waals surface area contributed by atoms with Gasteiger partial charge in [-0.25, -0.2) is 4.39 Å². The van der Waals surface area contributed by atoms with E-state index in [0.29, 0.717) is 19.6 Å². The summed E-state index contributed by atoms with van der Waals surface area (Å²) >= 11 is 0. The zero-order valence-electron chi connectivity index (χ0n) is 15.3. The molecule has 0 aromatic heterocycles. The van der Waals surface area contributed by atoms with Crippen LogP contribution in [0.5, 0.6) is 5.75 Å². The molecule has 2 aromatic carbocycles. The summed E-state index contributed by atoms with van der Waals surface area (Å²) in [6.45, 7) is 2.02. The minimum absolute atomic E-state index is 0. The largest absolute Gasteiger partial charge is 0.467 e. The van der Waals surface area contributed by atoms with E-state index >= 15 is 0 Å². The van der Waals surface area contributed by atoms with E-state index in [1.807, 2.05) is 18.2 Å². The maximum Gasteiger partial charge on any atom is 0.190 e. The van der Waals surface area contributed by atoms with Crippen molar-refractivity contribution in [3.8, 4) is 5.75 Å². The number of guanidine groups is 1. The van der Waals surface area contributed by atoms with Crippen LogP contribution < -0.4 is 15.4 Å². The summed E-state index contributed by atoms with van der Waals surface area (Å²) in [5.41, 5.74) is 2.88. The molecule has 0 radical (unpaired) electrons. The highest BCUT2D eigenvalue weighted by molar-refractivity contribution is 14.0. The fourth-order valence-corrected chi connectivity index (χ4v) is 2.95. The van der Waals surface area contributed by atoms with Crippen molar-refractivity contribution >= 4 is 29.9 Å². The molecular formula is C20H25FIN3O2. The second-order valence-corrected chi connectivity index (χ2v) is 6.08. The van der Waals surface area contributed by atoms with Crippen molar-refractivity contribution in [1.82, 2.24) is 10.6 Å². The van der Waals surface area contributed by atoms with E-state index in [0.717, 1.165) is 35.8 Å². The molecule has 0 bridgehead atoms. The van der Waals surface area contributed by atoms with E-state index in [1.54, 1.807) is 7.05 Å². The van der Waals surface area contributed by atoms with Crippen LogP contribution >= 0.6 is 24.0 Å². The van der Waals surface area contributed by atoms with Gasteiger partial charge >= 0.3 is 0 Å². The molecule has 1 heterocycles. The van der Waals surface area contributed by atoms with Crippen LogP contribution in [0.15, 0.2) is 47.5 Å². The minimum atomic E-state index is -0.266. The number of ether oxygens (including phenoxy) is 2. The van der Waals surface area contributed by atoms with Crippen molar-refractivity contribution in [2.45, 2.75) is 19.4 Å². The van der Waals surface area contributed by atoms with Crippen LogP contribution in [-0.4, -0.2) is 32.9 Å². The Morgan fingerprint density at radius 2 is 1.85 bits per heavy atom. The summed E-state index contributed by atoms with van der Waals surface area (Å²) in [5, 5.41) is 6.55. The second kappa shape index (κ2) is 11.1. The van der Waals surface area contributed by atoms with Crippen LogP contribution in [0.2, 0.25) is 0 Å². The lowest BCUT2D eigenvalue weighted by Gasteiger charge is -2.21. The van der Waals surface area contributed by atoms with Gasteiger partial charge in [-0.3, -0.25) is 4.99 Å². The van der Waals surface area contributed by atoms with Crippen molar-refractivity contribution in [2.24, 2.45) is 4.99 Å². The molecule has 1 aliphatic rings. The third-order valence-electron chi connectivity index (χ3n) is 4.21. The Morgan fingerprint density at radius 3 is 2.59 bits per heavy atom. The summed E-state index contributed by atoms with van der Waals surface area (Å²) in [5.74, 6) is 1.21. The second-order valence-electron chi connectivity index (χ2n) is 6.08. The Morgan fingerprint density at radius 1 is 1.11 bits per heavy atom. The van der Waals surface area contributed by atoms with Gasteiger partial charge in [0.1, 0.15) is 11.6 Å². The monoisotopic (exact) mass is 485 g/mol. The first-order valence-electron chi connectivity index (χ1n) is 8.76. The van der Waals surface area contributed by atoms with E-state index in [-0.39, 0.29) is 36.6 Å². The van der Waals surface area contributed by atoms with Gasteiger partial charge in [-0.2, -0.15) is 0 Å². The average molecular weight is 485 g/mol. The molecule has 27 heavy (non-hydrogen) atoms. The van der Waals surface area contributed by atoms with Gasteiger partial charge < -0.3 is 20.1 Å². The molecule has 146 valence electrons. The van der Waals surface area contributed by atoms with Crippen LogP contribution in [0, 0.1) is 5.82 Å². The highest BCUT2D eigenvalue weighted by Gasteiger charge is 2.16. The first kappa shape index (κ1) is 21.4. The predicted molar refractivity (Wildman–Crippen MR) is 115 cm³/mol. The number of rotatable bonds is 6. The molecule has 0 amide bonds. The lowest BCUT2D eigenvalue weighted by atomic mass is 10.1. The maximum atomic E-state index is 13.8. The highest BCUT2D eigenvalue weighted by Crippen LogP contribution is 2.29. The van der Waals surface area contributed by atoms with Crippen molar-refractivity contribution in [3.05, 3.63) is 65.0 Å². The number of benzene rings is 2. The van der Waals surface area contributed by atoms with Crippen LogP contribution in [0.25, 0.3) is 0 Å². The third kappa shape index (κ3) is 6.35. The zero-order chi connectivity index (χ0) is 18.2. The van der Waals surface area contributed by atoms with Crippen molar-refractivity contribution < 1.29 is 13.9 Å². The molecule has 3 rings (SSSR count). The number of halogens is 2. The molecule has 5 nitrogen and oxygen atoms in total. The van der Waals surface area contributed by atoms with Crippen LogP contribution in [0.4, 0.5) is 4.39 Å². The van der Waals surface area contributed by atoms with E-state index in [4.69, 9.17) is 9.47 Å². The van der Waals surface area contributed by atoms with Gasteiger partial charge in [0.2, 0.25) is 0 Å². The topological polar surface area (TPSA) is 54.9 Å². The van der Waals surface area contributed by atoms with Gasteiger partial charge in [0.25, 0.3) is 0 Å². The number of nitrogens with zero attached hydrogens (tertiary/aromatic N) is 1. The fourth-order valence-electron chi connectivity index (χ4n) is 2.95. The molecule has 0 saturated heterocycles. The number of hydrogen-bond acceptors (Lipinski definition) is 3. The van der Waals surface area contributed by atoms with Crippen molar-refractivity contribution in [3.63, 3.8) is 0 Å². The highest BCUT2D eigenvalue weighted by atomic mass is 127. The third-order valence-corrected chi connectivity index (χ3v) is 4.21. The Balaban J connectivity index is 0.00000261. The summed E-state index contributed by atoms with van der Waals surface area (Å²) in [6, 6.07) is 13.3. The van der Waals surface area contributed by atoms with Crippen LogP contribution in [-0.2, 0) is 24.2 Å². The van der Waals surface area contributed by atoms with Crippen molar-refractivity contribution in [2.75, 3.05) is 26.9 Å². The summed E-state index contributed by atoms with van der Waals surface area (Å²) in [7, 11) is 1.74. The van der Waals surface area contributed by atoms with E-state index < -0.39 is 0 Å². The normalized spacial score (nSPS) is 13.2. The predicted octanol–water partition coefficient (Wildman–Crippen LogP) is 3.26. The number of nitrogens with one attached hydrogen (secondary N) is 2. The van der Waals surface area contributed by atoms with Gasteiger partial charge in [-0.05, 0) is 36.1 Å². The van der Waals surface area contributed by atoms with Gasteiger partial charge in [0.05, 0.1) is 6.61 Å². The number of aliphatic imine (C=N–C) groups is 1. The van der Waals surface area contributed by atoms with Crippen LogP contribution in [0.3, 0.4) is 0 Å². The maximum absolute atomic E-state index is 13.8. The summed E-state index contributed by atoms with van der Waals surface area (Å²) < 4.78 is 24.5. The number of hydrogen-bond donors (Lipinski definition) is 2. The lowest BCUT2D eigenvalue weighted by Crippen LogP contribution is -2.39. The molecule has 1 aliphatic heterocycles. The lowest BCUT2D eigenvalue weighted by molar-refractivity contribution is -0.0172. The van der Waals surface area contributed by atoms with Gasteiger partial charge in [0, 0.05) is 25.7 Å². The minimum Gasteiger partial charge on any atom is -0.467 e. The summed E-state index contributed by atoms with van der Waals surface area (Å²) in [6.07, 6.45) is 1.56. The molecule has 7 heteroatoms. The van der Waals surface area contributed by atoms with E-state index in [1.165, 1.54) is 17.7 Å². The average Bonchev–Trinajstić information content (AvgIpc) is 2.67. The smallest absolute Gasteiger partial charge is 0.190 e. The van der Waals surface area contributed by atoms with E-state index in [2.05, 4.69) is 27.8 Å². The quantitative estimate of drug-likeness (QED) is 0.375. The first-order valence-corrected chi connectivity index (χ1v) is 8.76. The molecule has 0 atom stereocenters. The zero-order valence-corrected chi connectivity index (χ0v) is 17.7. The van der Waals surface area contributed by atoms with Gasteiger partial charge in [0.15, 0.2) is 12.8 Å². The fraction of sp³-hybridized carbons (Fsp3) is 0.350. The van der Waals surface area contributed by atoms with Gasteiger partial charge in [-0.15, -0.1) is 24.0 Å². The van der Waals surface area contributed by atoms with Crippen LogP contribution in [0.1, 0.15) is 16.7 Å². The molecule has 2 aromatic rings. The Kier molecular flexibility index (Phi) is 8.80. The Labute approximate surface area is 176 Å². The molecule has 0 fully saturated rings. The first-order chi connectivity index (χ1) is 12.8. The Bertz CT molecular complexity index is 756. The molecule has 0 unspecified atom stereocenters. The molecular weight excluding hydrogens is 460 g/mol. The van der Waals surface area contributed by atoms with Crippen molar-refractivity contribution in [1.29, 1.82) is 0 Å². The Hall–Kier alpha value is -1.87. The molecule has 2 N–H and O–H groups in total.